The number of aromatic nitrogens is 4. The monoisotopic (exact) mass is 1070 g/mol. The standard InChI is InChI=1S/C56H65F3N12O7/c1-37-54(38(2)78-68-37)40-27-47(60)55-51(28-40)70(36-65-55)32-39-8-5-10-45(26-39)77-34-53(72)63-18-21-74-22-23-75-24-25-76-33-43(67-61)31-64-42-13-14-49(52(29-42)73-4)62-17-7-9-44-30-46-48(66-41-15-19-69(3)20-16-41)11-6-12-50(46)71(44)35-56(57,58)59/h5-6,8,10-14,26-31,36,41,62,66H,15-25,32-35,60-61H2,1-4H3,(H,63,72)/b64-31?,67-43+. The van der Waals surface area contributed by atoms with Crippen LogP contribution in [0.2, 0.25) is 0 Å². The van der Waals surface area contributed by atoms with E-state index < -0.39 is 12.7 Å². The number of nitrogens with two attached hydrogens (primary N) is 2. The van der Waals surface area contributed by atoms with Crippen LogP contribution in [0.1, 0.15) is 35.6 Å². The minimum absolute atomic E-state index is 0.0909. The van der Waals surface area contributed by atoms with Gasteiger partial charge in [-0.1, -0.05) is 29.3 Å². The number of nitrogens with one attached hydrogen (secondary N) is 3. The number of aliphatic imine (C=N–C) groups is 1. The molecule has 4 aromatic carbocycles. The van der Waals surface area contributed by atoms with Crippen LogP contribution in [0.5, 0.6) is 11.5 Å². The summed E-state index contributed by atoms with van der Waals surface area (Å²) < 4.78 is 78.2. The number of nitrogens with zero attached hydrogens (tertiary/aromatic N) is 7. The largest absolute Gasteiger partial charge is 0.495 e. The first-order chi connectivity index (χ1) is 37.7. The fourth-order valence-corrected chi connectivity index (χ4v) is 9.04. The van der Waals surface area contributed by atoms with Gasteiger partial charge in [-0.3, -0.25) is 9.79 Å². The number of nitrogen functional groups attached to an aromatic ring is 1. The van der Waals surface area contributed by atoms with Gasteiger partial charge in [-0.05, 0) is 118 Å². The molecular weight excluding hydrogens is 1010 g/mol. The summed E-state index contributed by atoms with van der Waals surface area (Å²) in [7, 11) is 3.60. The van der Waals surface area contributed by atoms with Crippen LogP contribution in [-0.2, 0) is 32.1 Å². The highest BCUT2D eigenvalue weighted by Gasteiger charge is 2.30. The summed E-state index contributed by atoms with van der Waals surface area (Å²) in [6.07, 6.45) is 0.710. The van der Waals surface area contributed by atoms with Crippen molar-refractivity contribution in [3.63, 3.8) is 0 Å². The summed E-state index contributed by atoms with van der Waals surface area (Å²) in [5.41, 5.74) is 15.2. The molecule has 0 spiro atoms. The van der Waals surface area contributed by atoms with Gasteiger partial charge in [-0.25, -0.2) is 4.98 Å². The summed E-state index contributed by atoms with van der Waals surface area (Å²) >= 11 is 0. The molecule has 8 rings (SSSR count). The smallest absolute Gasteiger partial charge is 0.406 e. The van der Waals surface area contributed by atoms with Crippen LogP contribution in [0.3, 0.4) is 0 Å². The van der Waals surface area contributed by atoms with Gasteiger partial charge in [0.15, 0.2) is 6.61 Å². The number of alkyl halides is 3. The molecule has 1 amide bonds. The third-order valence-electron chi connectivity index (χ3n) is 12.9. The molecule has 0 radical (unpaired) electrons. The Balaban J connectivity index is 0.697. The zero-order chi connectivity index (χ0) is 55.0. The number of hydrogen-bond acceptors (Lipinski definition) is 16. The van der Waals surface area contributed by atoms with E-state index in [-0.39, 0.29) is 44.0 Å². The van der Waals surface area contributed by atoms with Crippen molar-refractivity contribution in [1.29, 1.82) is 0 Å². The second-order valence-electron chi connectivity index (χ2n) is 18.7. The average Bonchev–Trinajstić information content (AvgIpc) is 4.26. The Morgan fingerprint density at radius 1 is 0.936 bits per heavy atom. The van der Waals surface area contributed by atoms with Gasteiger partial charge in [0.05, 0.1) is 105 Å². The highest BCUT2D eigenvalue weighted by Crippen LogP contribution is 2.35. The van der Waals surface area contributed by atoms with Crippen molar-refractivity contribution in [2.24, 2.45) is 15.9 Å². The first-order valence-corrected chi connectivity index (χ1v) is 25.5. The third-order valence-corrected chi connectivity index (χ3v) is 12.9. The fourth-order valence-electron chi connectivity index (χ4n) is 9.04. The number of ether oxygens (including phenoxy) is 5. The number of carbonyl (C=O) groups is 1. The molecule has 78 heavy (non-hydrogen) atoms. The number of aryl methyl sites for hydroxylation is 2. The van der Waals surface area contributed by atoms with E-state index in [4.69, 9.17) is 39.8 Å². The molecule has 1 saturated heterocycles. The minimum atomic E-state index is -4.43. The van der Waals surface area contributed by atoms with E-state index in [1.165, 1.54) is 17.9 Å². The second kappa shape index (κ2) is 26.8. The lowest BCUT2D eigenvalue weighted by atomic mass is 10.0. The van der Waals surface area contributed by atoms with Crippen molar-refractivity contribution in [3.05, 3.63) is 108 Å². The summed E-state index contributed by atoms with van der Waals surface area (Å²) in [4.78, 5) is 23.8. The van der Waals surface area contributed by atoms with Crippen molar-refractivity contribution in [3.8, 4) is 34.5 Å². The van der Waals surface area contributed by atoms with Crippen LogP contribution in [0.4, 0.5) is 35.9 Å². The zero-order valence-electron chi connectivity index (χ0n) is 44.1. The van der Waals surface area contributed by atoms with E-state index in [0.717, 1.165) is 59.5 Å². The number of fused-ring (bicyclic) bond motifs is 2. The molecule has 22 heteroatoms. The lowest BCUT2D eigenvalue weighted by Crippen LogP contribution is -2.36. The number of methoxy groups -OCH3 is 1. The topological polar surface area (TPSA) is 228 Å². The van der Waals surface area contributed by atoms with Crippen LogP contribution < -0.4 is 37.0 Å². The van der Waals surface area contributed by atoms with Crippen LogP contribution in [0.25, 0.3) is 33.1 Å². The number of benzene rings is 4. The molecule has 0 bridgehead atoms. The normalized spacial score (nSPS) is 13.6. The quantitative estimate of drug-likeness (QED) is 0.00924. The number of carbonyl (C=O) groups excluding carboxylic acids is 1. The zero-order valence-corrected chi connectivity index (χ0v) is 44.1. The molecule has 7 N–H and O–H groups in total. The van der Waals surface area contributed by atoms with Gasteiger partial charge in [0.25, 0.3) is 5.91 Å². The average molecular weight is 1080 g/mol. The van der Waals surface area contributed by atoms with Gasteiger partial charge in [0.1, 0.15) is 35.0 Å². The Hall–Kier alpha value is -8.10. The van der Waals surface area contributed by atoms with Crippen molar-refractivity contribution in [2.45, 2.75) is 52.0 Å². The van der Waals surface area contributed by atoms with Gasteiger partial charge in [0, 0.05) is 41.8 Å². The Morgan fingerprint density at radius 3 is 2.47 bits per heavy atom. The number of hydrazone groups is 1. The van der Waals surface area contributed by atoms with Gasteiger partial charge in [-0.15, -0.1) is 0 Å². The van der Waals surface area contributed by atoms with Crippen LogP contribution >= 0.6 is 0 Å². The van der Waals surface area contributed by atoms with Crippen LogP contribution in [0.15, 0.2) is 99.8 Å². The van der Waals surface area contributed by atoms with Gasteiger partial charge in [0.2, 0.25) is 0 Å². The van der Waals surface area contributed by atoms with E-state index >= 15 is 0 Å². The van der Waals surface area contributed by atoms with Crippen LogP contribution in [0, 0.1) is 25.7 Å². The van der Waals surface area contributed by atoms with Gasteiger partial charge in [-0.2, -0.15) is 18.3 Å². The minimum Gasteiger partial charge on any atom is -0.495 e. The van der Waals surface area contributed by atoms with Crippen molar-refractivity contribution >= 4 is 62.5 Å². The highest BCUT2D eigenvalue weighted by atomic mass is 19.4. The molecule has 19 nitrogen and oxygen atoms in total. The molecule has 7 aromatic rings. The maximum Gasteiger partial charge on any atom is 0.406 e. The van der Waals surface area contributed by atoms with Crippen LogP contribution in [-0.4, -0.2) is 141 Å². The molecule has 1 fully saturated rings. The molecule has 0 unspecified atom stereocenters. The molecule has 4 heterocycles. The van der Waals surface area contributed by atoms with Gasteiger partial charge >= 0.3 is 6.18 Å². The SMILES string of the molecule is COc1cc(N=C/C(COCCOCCOCCNC(=O)COc2cccc(Cn3cnc4c(N)cc(-c5c(C)noc5C)cc43)c2)=N\N)ccc1NCC#Cc1cc2c(NC3CCN(C)CC3)cccc2n1CC(F)(F)F. The second-order valence-corrected chi connectivity index (χ2v) is 18.7. The molecule has 1 aliphatic heterocycles. The van der Waals surface area contributed by atoms with Crippen molar-refractivity contribution in [2.75, 3.05) is 103 Å². The van der Waals surface area contributed by atoms with E-state index in [0.29, 0.717) is 96.0 Å². The summed E-state index contributed by atoms with van der Waals surface area (Å²) in [6.45, 7) is 6.91. The maximum absolute atomic E-state index is 13.8. The molecule has 0 saturated carbocycles. The lowest BCUT2D eigenvalue weighted by Gasteiger charge is -2.30. The Kier molecular flexibility index (Phi) is 19.3. The Bertz CT molecular complexity index is 3260. The van der Waals surface area contributed by atoms with E-state index in [9.17, 15) is 18.0 Å². The predicted molar refractivity (Wildman–Crippen MR) is 296 cm³/mol. The fraction of sp³-hybridized carbons (Fsp3) is 0.375. The van der Waals surface area contributed by atoms with Crippen molar-refractivity contribution < 1.29 is 46.2 Å². The lowest BCUT2D eigenvalue weighted by molar-refractivity contribution is -0.140. The molecule has 412 valence electrons. The summed E-state index contributed by atoms with van der Waals surface area (Å²) in [5, 5.41) is 18.1. The first kappa shape index (κ1) is 56.1. The maximum atomic E-state index is 13.8. The van der Waals surface area contributed by atoms with E-state index in [1.807, 2.05) is 54.8 Å². The third kappa shape index (κ3) is 15.3. The number of anilines is 3. The van der Waals surface area contributed by atoms with Crippen molar-refractivity contribution in [1.82, 2.24) is 29.5 Å². The van der Waals surface area contributed by atoms with E-state index in [2.05, 4.69) is 60.0 Å². The predicted octanol–water partition coefficient (Wildman–Crippen LogP) is 7.70. The Labute approximate surface area is 450 Å². The molecule has 0 atom stereocenters. The summed E-state index contributed by atoms with van der Waals surface area (Å²) in [5.74, 6) is 13.0. The number of likely N-dealkylation sites (tertiary alicyclic amines) is 1. The number of imidazole rings is 1. The van der Waals surface area contributed by atoms with Gasteiger partial charge < -0.3 is 69.8 Å². The molecular formula is C56H65F3N12O7. The summed E-state index contributed by atoms with van der Waals surface area (Å²) in [6, 6.07) is 24.0. The molecule has 3 aromatic heterocycles. The Morgan fingerprint density at radius 2 is 1.72 bits per heavy atom. The first-order valence-electron chi connectivity index (χ1n) is 25.5. The molecule has 0 aliphatic carbocycles. The molecule has 1 aliphatic rings. The number of rotatable bonds is 25. The number of halogens is 3. The number of amides is 1. The number of piperidine rings is 1. The number of hydrogen-bond donors (Lipinski definition) is 5. The van der Waals surface area contributed by atoms with E-state index in [1.54, 1.807) is 48.8 Å². The highest BCUT2D eigenvalue weighted by molar-refractivity contribution is 6.31.